The summed E-state index contributed by atoms with van der Waals surface area (Å²) in [6.07, 6.45) is 0. The van der Waals surface area contributed by atoms with Gasteiger partial charge in [-0.15, -0.1) is 0 Å². The molecule has 104 valence electrons. The predicted octanol–water partition coefficient (Wildman–Crippen LogP) is 5.67. The molecular formula is C19H17NS. The van der Waals surface area contributed by atoms with E-state index in [0.29, 0.717) is 0 Å². The van der Waals surface area contributed by atoms with Crippen molar-refractivity contribution >= 4 is 23.3 Å². The molecule has 0 aliphatic carbocycles. The standard InChI is InChI=1S/C19H17NS/c1-4-10-17(11-5-1)16-21-20(18-12-6-2-7-13-18)19-14-8-3-9-15-19/h1-15H,16H2. The Bertz CT molecular complexity index is 613. The van der Waals surface area contributed by atoms with Crippen molar-refractivity contribution in [3.8, 4) is 0 Å². The minimum Gasteiger partial charge on any atom is -0.284 e. The van der Waals surface area contributed by atoms with Gasteiger partial charge in [-0.2, -0.15) is 0 Å². The summed E-state index contributed by atoms with van der Waals surface area (Å²) in [5.41, 5.74) is 3.73. The highest BCUT2D eigenvalue weighted by atomic mass is 32.2. The maximum absolute atomic E-state index is 2.28. The second-order valence-electron chi connectivity index (χ2n) is 4.72. The van der Waals surface area contributed by atoms with E-state index in [4.69, 9.17) is 0 Å². The summed E-state index contributed by atoms with van der Waals surface area (Å²) in [5, 5.41) is 0. The van der Waals surface area contributed by atoms with E-state index in [-0.39, 0.29) is 0 Å². The molecule has 0 spiro atoms. The highest BCUT2D eigenvalue weighted by Crippen LogP contribution is 2.33. The average Bonchev–Trinajstić information content (AvgIpc) is 2.58. The van der Waals surface area contributed by atoms with Gasteiger partial charge in [0.2, 0.25) is 0 Å². The Balaban J connectivity index is 1.83. The van der Waals surface area contributed by atoms with Gasteiger partial charge < -0.3 is 0 Å². The fourth-order valence-corrected chi connectivity index (χ4v) is 3.15. The molecule has 0 heterocycles. The molecule has 3 aromatic carbocycles. The van der Waals surface area contributed by atoms with Crippen molar-refractivity contribution in [3.63, 3.8) is 0 Å². The molecule has 0 bridgehead atoms. The van der Waals surface area contributed by atoms with Crippen molar-refractivity contribution in [1.82, 2.24) is 0 Å². The normalized spacial score (nSPS) is 10.3. The van der Waals surface area contributed by atoms with Crippen molar-refractivity contribution in [2.45, 2.75) is 5.75 Å². The fourth-order valence-electron chi connectivity index (χ4n) is 2.14. The van der Waals surface area contributed by atoms with Crippen LogP contribution in [0.5, 0.6) is 0 Å². The van der Waals surface area contributed by atoms with Crippen molar-refractivity contribution < 1.29 is 0 Å². The maximum Gasteiger partial charge on any atom is 0.0525 e. The predicted molar refractivity (Wildman–Crippen MR) is 92.8 cm³/mol. The first-order valence-electron chi connectivity index (χ1n) is 7.00. The van der Waals surface area contributed by atoms with Crippen LogP contribution in [0.3, 0.4) is 0 Å². The van der Waals surface area contributed by atoms with Crippen LogP contribution in [0.15, 0.2) is 91.0 Å². The van der Waals surface area contributed by atoms with E-state index >= 15 is 0 Å². The van der Waals surface area contributed by atoms with Crippen LogP contribution in [-0.2, 0) is 5.75 Å². The van der Waals surface area contributed by atoms with Gasteiger partial charge in [0.1, 0.15) is 0 Å². The zero-order valence-electron chi connectivity index (χ0n) is 11.7. The molecule has 0 aliphatic heterocycles. The lowest BCUT2D eigenvalue weighted by Gasteiger charge is -2.23. The Hall–Kier alpha value is -2.19. The number of hydrogen-bond donors (Lipinski definition) is 0. The zero-order chi connectivity index (χ0) is 14.3. The highest BCUT2D eigenvalue weighted by molar-refractivity contribution is 8.00. The van der Waals surface area contributed by atoms with Crippen LogP contribution in [-0.4, -0.2) is 0 Å². The molecule has 1 nitrogen and oxygen atoms in total. The van der Waals surface area contributed by atoms with E-state index in [0.717, 1.165) is 5.75 Å². The number of hydrogen-bond acceptors (Lipinski definition) is 2. The molecule has 0 N–H and O–H groups in total. The summed E-state index contributed by atoms with van der Waals surface area (Å²) in [6, 6.07) is 31.6. The first-order valence-corrected chi connectivity index (χ1v) is 7.95. The van der Waals surface area contributed by atoms with Crippen LogP contribution >= 0.6 is 11.9 Å². The van der Waals surface area contributed by atoms with E-state index < -0.39 is 0 Å². The third-order valence-corrected chi connectivity index (χ3v) is 4.33. The molecule has 21 heavy (non-hydrogen) atoms. The molecule has 0 saturated carbocycles. The van der Waals surface area contributed by atoms with Crippen LogP contribution in [0, 0.1) is 0 Å². The topological polar surface area (TPSA) is 3.24 Å². The summed E-state index contributed by atoms with van der Waals surface area (Å²) in [4.78, 5) is 0. The molecule has 0 fully saturated rings. The molecule has 0 saturated heterocycles. The molecule has 0 unspecified atom stereocenters. The van der Waals surface area contributed by atoms with Crippen LogP contribution < -0.4 is 4.31 Å². The summed E-state index contributed by atoms with van der Waals surface area (Å²) in [5.74, 6) is 0.949. The quantitative estimate of drug-likeness (QED) is 0.557. The molecule has 0 aliphatic rings. The summed E-state index contributed by atoms with van der Waals surface area (Å²) in [7, 11) is 0. The third-order valence-electron chi connectivity index (χ3n) is 3.18. The number of nitrogens with zero attached hydrogens (tertiary/aromatic N) is 1. The van der Waals surface area contributed by atoms with Crippen molar-refractivity contribution in [1.29, 1.82) is 0 Å². The summed E-state index contributed by atoms with van der Waals surface area (Å²) in [6.45, 7) is 0. The Morgan fingerprint density at radius 2 is 1.00 bits per heavy atom. The Morgan fingerprint density at radius 3 is 1.48 bits per heavy atom. The molecule has 3 aromatic rings. The number of benzene rings is 3. The van der Waals surface area contributed by atoms with Crippen LogP contribution in [0.1, 0.15) is 5.56 Å². The Labute approximate surface area is 130 Å². The second kappa shape index (κ2) is 7.00. The van der Waals surface area contributed by atoms with E-state index in [1.54, 1.807) is 0 Å². The van der Waals surface area contributed by atoms with Gasteiger partial charge in [0, 0.05) is 5.75 Å². The van der Waals surface area contributed by atoms with E-state index in [1.165, 1.54) is 16.9 Å². The lowest BCUT2D eigenvalue weighted by Crippen LogP contribution is -2.07. The van der Waals surface area contributed by atoms with E-state index in [2.05, 4.69) is 95.3 Å². The number of para-hydroxylation sites is 2. The van der Waals surface area contributed by atoms with Gasteiger partial charge in [0.25, 0.3) is 0 Å². The largest absolute Gasteiger partial charge is 0.284 e. The Kier molecular flexibility index (Phi) is 4.59. The van der Waals surface area contributed by atoms with E-state index in [9.17, 15) is 0 Å². The van der Waals surface area contributed by atoms with Gasteiger partial charge in [0.15, 0.2) is 0 Å². The van der Waals surface area contributed by atoms with Gasteiger partial charge in [-0.1, -0.05) is 66.7 Å². The lowest BCUT2D eigenvalue weighted by atomic mass is 10.2. The first kappa shape index (κ1) is 13.8. The van der Waals surface area contributed by atoms with Gasteiger partial charge >= 0.3 is 0 Å². The summed E-state index contributed by atoms with van der Waals surface area (Å²) < 4.78 is 2.28. The highest BCUT2D eigenvalue weighted by Gasteiger charge is 2.09. The monoisotopic (exact) mass is 291 g/mol. The van der Waals surface area contributed by atoms with Crippen molar-refractivity contribution in [2.24, 2.45) is 0 Å². The molecule has 2 heteroatoms. The van der Waals surface area contributed by atoms with Crippen LogP contribution in [0.2, 0.25) is 0 Å². The van der Waals surface area contributed by atoms with Crippen molar-refractivity contribution in [3.05, 3.63) is 96.6 Å². The zero-order valence-corrected chi connectivity index (χ0v) is 12.5. The van der Waals surface area contributed by atoms with Gasteiger partial charge in [-0.25, -0.2) is 0 Å². The Morgan fingerprint density at radius 1 is 0.571 bits per heavy atom. The van der Waals surface area contributed by atoms with Crippen molar-refractivity contribution in [2.75, 3.05) is 4.31 Å². The molecular weight excluding hydrogens is 274 g/mol. The fraction of sp³-hybridized carbons (Fsp3) is 0.0526. The number of rotatable bonds is 5. The molecule has 0 aromatic heterocycles. The number of anilines is 2. The summed E-state index contributed by atoms with van der Waals surface area (Å²) >= 11 is 1.81. The van der Waals surface area contributed by atoms with Gasteiger partial charge in [0.05, 0.1) is 11.4 Å². The maximum atomic E-state index is 2.28. The minimum absolute atomic E-state index is 0.949. The molecule has 0 radical (unpaired) electrons. The van der Waals surface area contributed by atoms with Crippen LogP contribution in [0.25, 0.3) is 0 Å². The second-order valence-corrected chi connectivity index (χ2v) is 5.64. The van der Waals surface area contributed by atoms with Crippen LogP contribution in [0.4, 0.5) is 11.4 Å². The minimum atomic E-state index is 0.949. The van der Waals surface area contributed by atoms with Gasteiger partial charge in [-0.05, 0) is 41.8 Å². The van der Waals surface area contributed by atoms with E-state index in [1.807, 2.05) is 11.9 Å². The third kappa shape index (κ3) is 3.67. The lowest BCUT2D eigenvalue weighted by molar-refractivity contribution is 1.37. The smallest absolute Gasteiger partial charge is 0.0525 e. The first-order chi connectivity index (χ1) is 10.4. The molecule has 0 atom stereocenters. The van der Waals surface area contributed by atoms with Gasteiger partial charge in [-0.3, -0.25) is 4.31 Å². The molecule has 0 amide bonds. The molecule has 3 rings (SSSR count). The average molecular weight is 291 g/mol. The SMILES string of the molecule is c1ccc(CSN(c2ccccc2)c2ccccc2)cc1.